The summed E-state index contributed by atoms with van der Waals surface area (Å²) in [6.45, 7) is 2.21. The summed E-state index contributed by atoms with van der Waals surface area (Å²) in [4.78, 5) is 0. The van der Waals surface area contributed by atoms with E-state index in [9.17, 15) is 9.50 Å². The number of hydrogen-bond acceptors (Lipinski definition) is 1. The SMILES string of the molecule is CC1CCCC(C(O)c2cc(F)cc(Cl)c2)C1. The molecule has 1 fully saturated rings. The van der Waals surface area contributed by atoms with E-state index in [1.54, 1.807) is 6.07 Å². The minimum absolute atomic E-state index is 0.233. The fraction of sp³-hybridized carbons (Fsp3) is 0.571. The van der Waals surface area contributed by atoms with Gasteiger partial charge in [0.1, 0.15) is 5.82 Å². The topological polar surface area (TPSA) is 20.2 Å². The molecule has 0 aliphatic heterocycles. The molecule has 0 radical (unpaired) electrons. The number of aliphatic hydroxyl groups is 1. The first-order valence-electron chi connectivity index (χ1n) is 6.20. The second-order valence-corrected chi connectivity index (χ2v) is 5.62. The molecular formula is C14H18ClFO. The highest BCUT2D eigenvalue weighted by atomic mass is 35.5. The number of benzene rings is 1. The Kier molecular flexibility index (Phi) is 4.05. The second kappa shape index (κ2) is 5.36. The van der Waals surface area contributed by atoms with Crippen LogP contribution in [0.1, 0.15) is 44.3 Å². The van der Waals surface area contributed by atoms with Gasteiger partial charge in [0, 0.05) is 5.02 Å². The number of hydrogen-bond donors (Lipinski definition) is 1. The predicted molar refractivity (Wildman–Crippen MR) is 67.5 cm³/mol. The summed E-state index contributed by atoms with van der Waals surface area (Å²) in [5.74, 6) is 0.499. The van der Waals surface area contributed by atoms with Gasteiger partial charge in [0.2, 0.25) is 0 Å². The Bertz CT molecular complexity index is 374. The molecule has 1 nitrogen and oxygen atoms in total. The van der Waals surface area contributed by atoms with Gasteiger partial charge < -0.3 is 5.11 Å². The van der Waals surface area contributed by atoms with E-state index in [0.29, 0.717) is 16.5 Å². The zero-order valence-electron chi connectivity index (χ0n) is 10.00. The van der Waals surface area contributed by atoms with Crippen LogP contribution >= 0.6 is 11.6 Å². The molecule has 1 aromatic rings. The maximum atomic E-state index is 13.2. The molecule has 0 spiro atoms. The molecule has 2 rings (SSSR count). The van der Waals surface area contributed by atoms with Gasteiger partial charge in [-0.1, -0.05) is 31.4 Å². The van der Waals surface area contributed by atoms with Crippen LogP contribution in [0.5, 0.6) is 0 Å². The lowest BCUT2D eigenvalue weighted by atomic mass is 9.78. The molecule has 94 valence electrons. The van der Waals surface area contributed by atoms with Crippen molar-refractivity contribution in [2.24, 2.45) is 11.8 Å². The highest BCUT2D eigenvalue weighted by Crippen LogP contribution is 2.37. The van der Waals surface area contributed by atoms with Crippen LogP contribution in [0.25, 0.3) is 0 Å². The third-order valence-corrected chi connectivity index (χ3v) is 3.87. The summed E-state index contributed by atoms with van der Waals surface area (Å²) in [5.41, 5.74) is 0.606. The summed E-state index contributed by atoms with van der Waals surface area (Å²) in [6, 6.07) is 4.31. The Hall–Kier alpha value is -0.600. The lowest BCUT2D eigenvalue weighted by Crippen LogP contribution is -2.20. The molecule has 1 aliphatic rings. The Balaban J connectivity index is 2.15. The predicted octanol–water partition coefficient (Wildman–Crippen LogP) is 4.34. The first kappa shape index (κ1) is 12.8. The van der Waals surface area contributed by atoms with Gasteiger partial charge in [0.05, 0.1) is 6.10 Å². The minimum Gasteiger partial charge on any atom is -0.388 e. The Morgan fingerprint density at radius 1 is 1.35 bits per heavy atom. The molecule has 1 aromatic carbocycles. The van der Waals surface area contributed by atoms with E-state index in [1.165, 1.54) is 18.6 Å². The molecule has 1 saturated carbocycles. The van der Waals surface area contributed by atoms with Crippen LogP contribution in [0.3, 0.4) is 0 Å². The summed E-state index contributed by atoms with van der Waals surface area (Å²) >= 11 is 5.81. The van der Waals surface area contributed by atoms with Crippen molar-refractivity contribution in [3.8, 4) is 0 Å². The van der Waals surface area contributed by atoms with Crippen molar-refractivity contribution in [3.63, 3.8) is 0 Å². The molecule has 1 aliphatic carbocycles. The first-order valence-corrected chi connectivity index (χ1v) is 6.58. The van der Waals surface area contributed by atoms with Gasteiger partial charge in [0.25, 0.3) is 0 Å². The monoisotopic (exact) mass is 256 g/mol. The lowest BCUT2D eigenvalue weighted by molar-refractivity contribution is 0.0712. The van der Waals surface area contributed by atoms with Crippen LogP contribution in [0.2, 0.25) is 5.02 Å². The first-order chi connectivity index (χ1) is 8.06. The molecule has 0 amide bonds. The van der Waals surface area contributed by atoms with Gasteiger partial charge in [-0.3, -0.25) is 0 Å². The molecule has 3 atom stereocenters. The minimum atomic E-state index is -0.592. The second-order valence-electron chi connectivity index (χ2n) is 5.18. The average Bonchev–Trinajstić information content (AvgIpc) is 2.26. The van der Waals surface area contributed by atoms with Crippen molar-refractivity contribution in [2.45, 2.75) is 38.7 Å². The van der Waals surface area contributed by atoms with Gasteiger partial charge in [-0.2, -0.15) is 0 Å². The van der Waals surface area contributed by atoms with Gasteiger partial charge >= 0.3 is 0 Å². The highest BCUT2D eigenvalue weighted by molar-refractivity contribution is 6.30. The molecule has 0 saturated heterocycles. The van der Waals surface area contributed by atoms with Crippen molar-refractivity contribution in [1.29, 1.82) is 0 Å². The molecule has 17 heavy (non-hydrogen) atoms. The van der Waals surface area contributed by atoms with Crippen LogP contribution < -0.4 is 0 Å². The molecule has 0 heterocycles. The van der Waals surface area contributed by atoms with E-state index >= 15 is 0 Å². The number of halogens is 2. The summed E-state index contributed by atoms with van der Waals surface area (Å²) in [6.07, 6.45) is 3.81. The smallest absolute Gasteiger partial charge is 0.125 e. The lowest BCUT2D eigenvalue weighted by Gasteiger charge is -2.30. The van der Waals surface area contributed by atoms with Gasteiger partial charge in [-0.05, 0) is 48.4 Å². The van der Waals surface area contributed by atoms with Crippen molar-refractivity contribution >= 4 is 11.6 Å². The van der Waals surface area contributed by atoms with E-state index in [1.807, 2.05) is 0 Å². The van der Waals surface area contributed by atoms with E-state index in [2.05, 4.69) is 6.92 Å². The van der Waals surface area contributed by atoms with Crippen LogP contribution in [0.4, 0.5) is 4.39 Å². The van der Waals surface area contributed by atoms with E-state index in [0.717, 1.165) is 19.3 Å². The molecule has 3 heteroatoms. The fourth-order valence-corrected chi connectivity index (χ4v) is 3.02. The normalized spacial score (nSPS) is 26.8. The van der Waals surface area contributed by atoms with Crippen molar-refractivity contribution in [3.05, 3.63) is 34.6 Å². The fourth-order valence-electron chi connectivity index (χ4n) is 2.79. The third kappa shape index (κ3) is 3.20. The quantitative estimate of drug-likeness (QED) is 0.835. The van der Waals surface area contributed by atoms with Crippen LogP contribution in [-0.4, -0.2) is 5.11 Å². The van der Waals surface area contributed by atoms with Crippen molar-refractivity contribution in [1.82, 2.24) is 0 Å². The summed E-state index contributed by atoms with van der Waals surface area (Å²) < 4.78 is 13.2. The van der Waals surface area contributed by atoms with Crippen molar-refractivity contribution < 1.29 is 9.50 Å². The highest BCUT2D eigenvalue weighted by Gasteiger charge is 2.26. The molecular weight excluding hydrogens is 239 g/mol. The number of rotatable bonds is 2. The van der Waals surface area contributed by atoms with Gasteiger partial charge in [-0.15, -0.1) is 0 Å². The third-order valence-electron chi connectivity index (χ3n) is 3.65. The van der Waals surface area contributed by atoms with Crippen LogP contribution in [0, 0.1) is 17.7 Å². The van der Waals surface area contributed by atoms with Crippen LogP contribution in [-0.2, 0) is 0 Å². The van der Waals surface area contributed by atoms with E-state index in [4.69, 9.17) is 11.6 Å². The van der Waals surface area contributed by atoms with Gasteiger partial charge in [-0.25, -0.2) is 4.39 Å². The standard InChI is InChI=1S/C14H18ClFO/c1-9-3-2-4-10(5-9)14(17)11-6-12(15)8-13(16)7-11/h6-10,14,17H,2-5H2,1H3. The zero-order chi connectivity index (χ0) is 12.4. The maximum Gasteiger partial charge on any atom is 0.125 e. The Labute approximate surface area is 107 Å². The van der Waals surface area contributed by atoms with Crippen molar-refractivity contribution in [2.75, 3.05) is 0 Å². The van der Waals surface area contributed by atoms with E-state index < -0.39 is 6.10 Å². The molecule has 0 aromatic heterocycles. The molecule has 0 bridgehead atoms. The summed E-state index contributed by atoms with van der Waals surface area (Å²) in [7, 11) is 0. The largest absolute Gasteiger partial charge is 0.388 e. The van der Waals surface area contributed by atoms with E-state index in [-0.39, 0.29) is 11.7 Å². The Morgan fingerprint density at radius 3 is 2.76 bits per heavy atom. The van der Waals surface area contributed by atoms with Gasteiger partial charge in [0.15, 0.2) is 0 Å². The average molecular weight is 257 g/mol. The molecule has 3 unspecified atom stereocenters. The maximum absolute atomic E-state index is 13.2. The zero-order valence-corrected chi connectivity index (χ0v) is 10.8. The molecule has 1 N–H and O–H groups in total. The Morgan fingerprint density at radius 2 is 2.12 bits per heavy atom. The number of aliphatic hydroxyl groups excluding tert-OH is 1. The summed E-state index contributed by atoms with van der Waals surface area (Å²) in [5, 5.41) is 10.6. The van der Waals surface area contributed by atoms with Crippen LogP contribution in [0.15, 0.2) is 18.2 Å².